The van der Waals surface area contributed by atoms with Crippen LogP contribution in [0.2, 0.25) is 0 Å². The van der Waals surface area contributed by atoms with Crippen LogP contribution in [0, 0.1) is 30.8 Å². The fraction of sp³-hybridized carbons (Fsp3) is 0.0870. The van der Waals surface area contributed by atoms with Crippen molar-refractivity contribution in [1.29, 1.82) is 5.26 Å². The Morgan fingerprint density at radius 3 is 2.68 bits per heavy atom. The van der Waals surface area contributed by atoms with Crippen LogP contribution in [-0.4, -0.2) is 12.0 Å². The fourth-order valence-corrected chi connectivity index (χ4v) is 3.66. The van der Waals surface area contributed by atoms with Gasteiger partial charge in [-0.25, -0.2) is 4.39 Å². The highest BCUT2D eigenvalue weighted by atomic mass is 127. The van der Waals surface area contributed by atoms with E-state index in [2.05, 4.69) is 28.7 Å². The van der Waals surface area contributed by atoms with Gasteiger partial charge in [0.15, 0.2) is 11.5 Å². The number of allylic oxidation sites excluding steroid dienone is 1. The van der Waals surface area contributed by atoms with E-state index in [1.807, 2.05) is 6.07 Å². The monoisotopic (exact) mass is 530 g/mol. The Balaban J connectivity index is 1.89. The summed E-state index contributed by atoms with van der Waals surface area (Å²) in [7, 11) is 1.50. The molecule has 0 N–H and O–H groups in total. The van der Waals surface area contributed by atoms with Crippen molar-refractivity contribution in [2.45, 2.75) is 6.61 Å². The van der Waals surface area contributed by atoms with Crippen molar-refractivity contribution in [2.24, 2.45) is 0 Å². The first-order valence-corrected chi connectivity index (χ1v) is 10.1. The molecule has 0 radical (unpaired) electrons. The van der Waals surface area contributed by atoms with Crippen molar-refractivity contribution in [2.75, 3.05) is 7.11 Å². The van der Waals surface area contributed by atoms with Crippen molar-refractivity contribution in [3.8, 4) is 17.6 Å². The number of halogens is 2. The van der Waals surface area contributed by atoms with Gasteiger partial charge in [0.25, 0.3) is 5.69 Å². The summed E-state index contributed by atoms with van der Waals surface area (Å²) in [5.41, 5.74) is 2.10. The third-order valence-electron chi connectivity index (χ3n) is 4.32. The Kier molecular flexibility index (Phi) is 7.20. The SMILES string of the molecule is COc1cc(/C=C(/C#N)c2cccc(F)c2)cc(I)c1OCc1cccc([N+](=O)[O-])c1. The van der Waals surface area contributed by atoms with Crippen molar-refractivity contribution in [1.82, 2.24) is 0 Å². The van der Waals surface area contributed by atoms with Crippen LogP contribution in [0.5, 0.6) is 11.5 Å². The van der Waals surface area contributed by atoms with E-state index < -0.39 is 10.7 Å². The van der Waals surface area contributed by atoms with E-state index in [4.69, 9.17) is 9.47 Å². The van der Waals surface area contributed by atoms with E-state index in [-0.39, 0.29) is 12.3 Å². The van der Waals surface area contributed by atoms with Crippen molar-refractivity contribution >= 4 is 39.9 Å². The molecule has 0 aliphatic carbocycles. The molecule has 6 nitrogen and oxygen atoms in total. The van der Waals surface area contributed by atoms with Gasteiger partial charge < -0.3 is 9.47 Å². The van der Waals surface area contributed by atoms with Crippen LogP contribution in [0.15, 0.2) is 60.7 Å². The smallest absolute Gasteiger partial charge is 0.269 e. The molecule has 0 unspecified atom stereocenters. The molecule has 0 saturated carbocycles. The number of benzene rings is 3. The summed E-state index contributed by atoms with van der Waals surface area (Å²) in [6.07, 6.45) is 1.64. The molecule has 156 valence electrons. The largest absolute Gasteiger partial charge is 0.493 e. The molecule has 0 bridgehead atoms. The third kappa shape index (κ3) is 5.58. The minimum atomic E-state index is -0.458. The van der Waals surface area contributed by atoms with Gasteiger partial charge in [-0.1, -0.05) is 24.3 Å². The summed E-state index contributed by atoms with van der Waals surface area (Å²) in [6, 6.07) is 17.6. The van der Waals surface area contributed by atoms with Crippen molar-refractivity contribution < 1.29 is 18.8 Å². The first kappa shape index (κ1) is 22.2. The maximum absolute atomic E-state index is 13.5. The molecular formula is C23H16FIN2O4. The molecule has 0 saturated heterocycles. The zero-order valence-corrected chi connectivity index (χ0v) is 18.5. The normalized spacial score (nSPS) is 11.0. The Morgan fingerprint density at radius 2 is 2.00 bits per heavy atom. The standard InChI is InChI=1S/C23H16FIN2O4/c1-30-22-11-16(8-18(13-26)17-5-3-6-19(24)12-17)10-21(25)23(22)31-14-15-4-2-7-20(9-15)27(28)29/h2-12H,14H2,1H3/b18-8-. The predicted molar refractivity (Wildman–Crippen MR) is 123 cm³/mol. The van der Waals surface area contributed by atoms with Crippen LogP contribution in [0.3, 0.4) is 0 Å². The van der Waals surface area contributed by atoms with E-state index in [0.29, 0.717) is 33.8 Å². The average molecular weight is 530 g/mol. The van der Waals surface area contributed by atoms with E-state index in [1.165, 1.54) is 31.4 Å². The molecule has 0 aliphatic heterocycles. The van der Waals surface area contributed by atoms with Crippen LogP contribution < -0.4 is 9.47 Å². The number of non-ortho nitro benzene ring substituents is 1. The number of nitriles is 1. The fourth-order valence-electron chi connectivity index (χ4n) is 2.88. The molecule has 0 fully saturated rings. The highest BCUT2D eigenvalue weighted by Crippen LogP contribution is 2.36. The van der Waals surface area contributed by atoms with E-state index in [0.717, 1.165) is 3.57 Å². The summed E-state index contributed by atoms with van der Waals surface area (Å²) >= 11 is 2.09. The van der Waals surface area contributed by atoms with Gasteiger partial charge in [0.1, 0.15) is 12.4 Å². The third-order valence-corrected chi connectivity index (χ3v) is 5.12. The number of ether oxygens (including phenoxy) is 2. The van der Waals surface area contributed by atoms with Gasteiger partial charge in [0, 0.05) is 12.1 Å². The minimum Gasteiger partial charge on any atom is -0.493 e. The van der Waals surface area contributed by atoms with E-state index >= 15 is 0 Å². The second-order valence-electron chi connectivity index (χ2n) is 6.43. The van der Waals surface area contributed by atoms with Crippen molar-refractivity contribution in [3.05, 3.63) is 96.9 Å². The Labute approximate surface area is 191 Å². The van der Waals surface area contributed by atoms with Crippen molar-refractivity contribution in [3.63, 3.8) is 0 Å². The van der Waals surface area contributed by atoms with Crippen LogP contribution in [0.25, 0.3) is 11.6 Å². The van der Waals surface area contributed by atoms with Crippen LogP contribution in [0.1, 0.15) is 16.7 Å². The highest BCUT2D eigenvalue weighted by molar-refractivity contribution is 14.1. The molecule has 3 aromatic rings. The van der Waals surface area contributed by atoms with E-state index in [1.54, 1.807) is 36.4 Å². The molecule has 31 heavy (non-hydrogen) atoms. The highest BCUT2D eigenvalue weighted by Gasteiger charge is 2.13. The number of nitro benzene ring substituents is 1. The summed E-state index contributed by atoms with van der Waals surface area (Å²) in [5, 5.41) is 20.5. The van der Waals surface area contributed by atoms with Gasteiger partial charge in [-0.3, -0.25) is 10.1 Å². The lowest BCUT2D eigenvalue weighted by Crippen LogP contribution is -2.01. The molecule has 3 rings (SSSR count). The zero-order valence-electron chi connectivity index (χ0n) is 16.3. The summed E-state index contributed by atoms with van der Waals surface area (Å²) < 4.78 is 25.6. The number of rotatable bonds is 7. The lowest BCUT2D eigenvalue weighted by Gasteiger charge is -2.14. The molecule has 0 atom stereocenters. The second kappa shape index (κ2) is 10.0. The molecule has 0 amide bonds. The maximum atomic E-state index is 13.5. The van der Waals surface area contributed by atoms with Gasteiger partial charge in [-0.2, -0.15) is 5.26 Å². The predicted octanol–water partition coefficient (Wildman–Crippen LogP) is 5.99. The second-order valence-corrected chi connectivity index (χ2v) is 7.59. The molecule has 0 spiro atoms. The van der Waals surface area contributed by atoms with Gasteiger partial charge in [-0.15, -0.1) is 0 Å². The van der Waals surface area contributed by atoms with Gasteiger partial charge in [0.2, 0.25) is 0 Å². The Morgan fingerprint density at radius 1 is 1.23 bits per heavy atom. The maximum Gasteiger partial charge on any atom is 0.269 e. The quantitative estimate of drug-likeness (QED) is 0.123. The van der Waals surface area contributed by atoms with Crippen LogP contribution in [-0.2, 0) is 6.61 Å². The number of methoxy groups -OCH3 is 1. The topological polar surface area (TPSA) is 85.4 Å². The molecule has 8 heteroatoms. The summed E-state index contributed by atoms with van der Waals surface area (Å²) in [5.74, 6) is 0.506. The summed E-state index contributed by atoms with van der Waals surface area (Å²) in [6.45, 7) is 0.121. The van der Waals surface area contributed by atoms with Crippen LogP contribution >= 0.6 is 22.6 Å². The lowest BCUT2D eigenvalue weighted by atomic mass is 10.0. The number of nitrogens with zero attached hydrogens (tertiary/aromatic N) is 2. The van der Waals surface area contributed by atoms with Gasteiger partial charge in [0.05, 0.1) is 27.2 Å². The zero-order chi connectivity index (χ0) is 22.4. The molecular weight excluding hydrogens is 514 g/mol. The number of nitro groups is 1. The molecule has 0 heterocycles. The molecule has 0 aromatic heterocycles. The van der Waals surface area contributed by atoms with Gasteiger partial charge in [-0.05, 0) is 69.6 Å². The molecule has 3 aromatic carbocycles. The Hall–Kier alpha value is -3.45. The first-order chi connectivity index (χ1) is 14.9. The average Bonchev–Trinajstić information content (AvgIpc) is 2.76. The van der Waals surface area contributed by atoms with Crippen LogP contribution in [0.4, 0.5) is 10.1 Å². The minimum absolute atomic E-state index is 0.00960. The lowest BCUT2D eigenvalue weighted by molar-refractivity contribution is -0.384. The van der Waals surface area contributed by atoms with Gasteiger partial charge >= 0.3 is 0 Å². The summed E-state index contributed by atoms with van der Waals surface area (Å²) in [4.78, 5) is 10.5. The molecule has 0 aliphatic rings. The van der Waals surface area contributed by atoms with E-state index in [9.17, 15) is 19.8 Å². The Bertz CT molecular complexity index is 1200. The number of hydrogen-bond acceptors (Lipinski definition) is 5. The first-order valence-electron chi connectivity index (χ1n) is 9.02. The number of hydrogen-bond donors (Lipinski definition) is 0.